The maximum Gasteiger partial charge on any atom is 0.242 e. The lowest BCUT2D eigenvalue weighted by Crippen LogP contribution is -2.38. The number of nitrogens with one attached hydrogen (secondary N) is 1. The summed E-state index contributed by atoms with van der Waals surface area (Å²) >= 11 is 1.36. The summed E-state index contributed by atoms with van der Waals surface area (Å²) in [7, 11) is 1.66. The molecule has 0 unspecified atom stereocenters. The second-order valence-corrected chi connectivity index (χ2v) is 6.20. The molecule has 1 atom stereocenters. The zero-order chi connectivity index (χ0) is 15.4. The molecule has 112 valence electrons. The fourth-order valence-corrected chi connectivity index (χ4v) is 3.37. The normalized spacial score (nSPS) is 20.4. The standard InChI is InChI=1S/C15H19N3O2S/c1-10(2)18-14(20)12(21-15(18)16-3)9-13(19)17-11-7-5-4-6-8-11/h4-8,10,12H,9H2,1-3H3,(H,17,19)/t12-/m0/s1. The molecule has 2 amide bonds. The van der Waals surface area contributed by atoms with Crippen molar-refractivity contribution in [3.8, 4) is 0 Å². The van der Waals surface area contributed by atoms with E-state index in [1.807, 2.05) is 44.2 Å². The number of para-hydroxylation sites is 1. The number of benzene rings is 1. The van der Waals surface area contributed by atoms with Gasteiger partial charge in [0.05, 0.1) is 0 Å². The third kappa shape index (κ3) is 3.64. The molecule has 5 nitrogen and oxygen atoms in total. The van der Waals surface area contributed by atoms with Gasteiger partial charge in [0, 0.05) is 25.2 Å². The minimum atomic E-state index is -0.394. The molecule has 0 aliphatic carbocycles. The Labute approximate surface area is 128 Å². The number of thioether (sulfide) groups is 1. The third-order valence-corrected chi connectivity index (χ3v) is 4.35. The quantitative estimate of drug-likeness (QED) is 0.929. The lowest BCUT2D eigenvalue weighted by atomic mass is 10.2. The summed E-state index contributed by atoms with van der Waals surface area (Å²) in [5.41, 5.74) is 0.739. The predicted molar refractivity (Wildman–Crippen MR) is 86.4 cm³/mol. The summed E-state index contributed by atoms with van der Waals surface area (Å²) in [5.74, 6) is -0.202. The smallest absolute Gasteiger partial charge is 0.242 e. The average molecular weight is 305 g/mol. The molecule has 6 heteroatoms. The number of amides is 2. The highest BCUT2D eigenvalue weighted by atomic mass is 32.2. The fourth-order valence-electron chi connectivity index (χ4n) is 2.15. The summed E-state index contributed by atoms with van der Waals surface area (Å²) in [6, 6.07) is 9.28. The number of nitrogens with zero attached hydrogens (tertiary/aromatic N) is 2. The molecular weight excluding hydrogens is 286 g/mol. The first-order valence-corrected chi connectivity index (χ1v) is 7.72. The average Bonchev–Trinajstić information content (AvgIpc) is 2.76. The third-order valence-electron chi connectivity index (χ3n) is 3.10. The molecule has 1 aliphatic heterocycles. The number of hydrogen-bond acceptors (Lipinski definition) is 4. The highest BCUT2D eigenvalue weighted by Gasteiger charge is 2.39. The van der Waals surface area contributed by atoms with Crippen molar-refractivity contribution in [2.75, 3.05) is 12.4 Å². The van der Waals surface area contributed by atoms with Crippen molar-refractivity contribution in [1.82, 2.24) is 4.90 Å². The van der Waals surface area contributed by atoms with Crippen LogP contribution in [0, 0.1) is 0 Å². The van der Waals surface area contributed by atoms with Gasteiger partial charge in [0.2, 0.25) is 11.8 Å². The Morgan fingerprint density at radius 1 is 1.38 bits per heavy atom. The summed E-state index contributed by atoms with van der Waals surface area (Å²) in [5, 5.41) is 3.10. The van der Waals surface area contributed by atoms with E-state index in [1.54, 1.807) is 11.9 Å². The Morgan fingerprint density at radius 2 is 2.05 bits per heavy atom. The minimum Gasteiger partial charge on any atom is -0.326 e. The lowest BCUT2D eigenvalue weighted by Gasteiger charge is -2.20. The van der Waals surface area contributed by atoms with E-state index < -0.39 is 5.25 Å². The molecule has 21 heavy (non-hydrogen) atoms. The van der Waals surface area contributed by atoms with E-state index >= 15 is 0 Å². The van der Waals surface area contributed by atoms with Crippen molar-refractivity contribution in [3.63, 3.8) is 0 Å². The van der Waals surface area contributed by atoms with E-state index in [1.165, 1.54) is 11.8 Å². The van der Waals surface area contributed by atoms with Crippen molar-refractivity contribution in [2.45, 2.75) is 31.6 Å². The van der Waals surface area contributed by atoms with E-state index in [2.05, 4.69) is 10.3 Å². The number of amidine groups is 1. The van der Waals surface area contributed by atoms with Crippen LogP contribution >= 0.6 is 11.8 Å². The zero-order valence-electron chi connectivity index (χ0n) is 12.4. The minimum absolute atomic E-state index is 0.0428. The van der Waals surface area contributed by atoms with Crippen molar-refractivity contribution in [3.05, 3.63) is 30.3 Å². The van der Waals surface area contributed by atoms with Gasteiger partial charge in [0.1, 0.15) is 5.25 Å². The lowest BCUT2D eigenvalue weighted by molar-refractivity contribution is -0.129. The Bertz CT molecular complexity index is 557. The molecule has 0 spiro atoms. The molecule has 0 aromatic heterocycles. The van der Waals surface area contributed by atoms with Crippen LogP contribution in [0.3, 0.4) is 0 Å². The van der Waals surface area contributed by atoms with Crippen molar-refractivity contribution >= 4 is 34.4 Å². The van der Waals surface area contributed by atoms with Gasteiger partial charge in [-0.1, -0.05) is 30.0 Å². The van der Waals surface area contributed by atoms with Crippen LogP contribution < -0.4 is 5.32 Å². The van der Waals surface area contributed by atoms with Crippen LogP contribution in [0.2, 0.25) is 0 Å². The topological polar surface area (TPSA) is 61.8 Å². The number of carbonyl (C=O) groups is 2. The maximum absolute atomic E-state index is 12.3. The van der Waals surface area contributed by atoms with E-state index in [-0.39, 0.29) is 24.3 Å². The van der Waals surface area contributed by atoms with Gasteiger partial charge in [0.25, 0.3) is 0 Å². The summed E-state index contributed by atoms with van der Waals surface area (Å²) in [4.78, 5) is 30.2. The predicted octanol–water partition coefficient (Wildman–Crippen LogP) is 2.35. The van der Waals surface area contributed by atoms with Gasteiger partial charge in [-0.15, -0.1) is 0 Å². The first kappa shape index (κ1) is 15.6. The van der Waals surface area contributed by atoms with Crippen LogP contribution in [0.5, 0.6) is 0 Å². The molecule has 1 saturated heterocycles. The fraction of sp³-hybridized carbons (Fsp3) is 0.400. The second kappa shape index (κ2) is 6.76. The maximum atomic E-state index is 12.3. The molecule has 1 fully saturated rings. The summed E-state index contributed by atoms with van der Waals surface area (Å²) in [6.45, 7) is 3.88. The number of carbonyl (C=O) groups excluding carboxylic acids is 2. The molecule has 0 bridgehead atoms. The highest BCUT2D eigenvalue weighted by Crippen LogP contribution is 2.31. The molecule has 0 radical (unpaired) electrons. The molecule has 1 aromatic carbocycles. The van der Waals surface area contributed by atoms with Gasteiger partial charge in [0.15, 0.2) is 5.17 Å². The second-order valence-electron chi connectivity index (χ2n) is 5.03. The van der Waals surface area contributed by atoms with E-state index in [0.717, 1.165) is 5.69 Å². The van der Waals surface area contributed by atoms with Gasteiger partial charge in [-0.25, -0.2) is 0 Å². The molecule has 1 N–H and O–H groups in total. The van der Waals surface area contributed by atoms with Crippen LogP contribution in [0.4, 0.5) is 5.69 Å². The van der Waals surface area contributed by atoms with Crippen LogP contribution in [-0.4, -0.2) is 40.2 Å². The molecule has 1 heterocycles. The van der Waals surface area contributed by atoms with E-state index in [0.29, 0.717) is 5.17 Å². The molecular formula is C15H19N3O2S. The van der Waals surface area contributed by atoms with Crippen molar-refractivity contribution in [2.24, 2.45) is 4.99 Å². The summed E-state index contributed by atoms with van der Waals surface area (Å²) in [6.07, 6.45) is 0.153. The van der Waals surface area contributed by atoms with Crippen molar-refractivity contribution < 1.29 is 9.59 Å². The molecule has 1 aliphatic rings. The Morgan fingerprint density at radius 3 is 2.57 bits per heavy atom. The first-order valence-electron chi connectivity index (χ1n) is 6.84. The number of hydrogen-bond donors (Lipinski definition) is 1. The van der Waals surface area contributed by atoms with Crippen LogP contribution in [0.1, 0.15) is 20.3 Å². The van der Waals surface area contributed by atoms with E-state index in [4.69, 9.17) is 0 Å². The monoisotopic (exact) mass is 305 g/mol. The largest absolute Gasteiger partial charge is 0.326 e. The highest BCUT2D eigenvalue weighted by molar-refractivity contribution is 8.15. The SMILES string of the molecule is CN=C1S[C@@H](CC(=O)Nc2ccccc2)C(=O)N1C(C)C. The zero-order valence-corrected chi connectivity index (χ0v) is 13.2. The van der Waals surface area contributed by atoms with Gasteiger partial charge < -0.3 is 5.32 Å². The first-order chi connectivity index (χ1) is 10.0. The molecule has 1 aromatic rings. The number of aliphatic imine (C=N–C) groups is 1. The van der Waals surface area contributed by atoms with Gasteiger partial charge in [-0.2, -0.15) is 0 Å². The Kier molecular flexibility index (Phi) is 5.01. The Balaban J connectivity index is 2.00. The van der Waals surface area contributed by atoms with Gasteiger partial charge in [-0.05, 0) is 26.0 Å². The number of anilines is 1. The molecule has 0 saturated carbocycles. The summed E-state index contributed by atoms with van der Waals surface area (Å²) < 4.78 is 0. The van der Waals surface area contributed by atoms with Crippen LogP contribution in [0.25, 0.3) is 0 Å². The van der Waals surface area contributed by atoms with E-state index in [9.17, 15) is 9.59 Å². The van der Waals surface area contributed by atoms with Gasteiger partial charge >= 0.3 is 0 Å². The van der Waals surface area contributed by atoms with Crippen LogP contribution in [0.15, 0.2) is 35.3 Å². The van der Waals surface area contributed by atoms with Crippen LogP contribution in [-0.2, 0) is 9.59 Å². The Hall–Kier alpha value is -1.82. The van der Waals surface area contributed by atoms with Gasteiger partial charge in [-0.3, -0.25) is 19.5 Å². The molecule has 2 rings (SSSR count). The van der Waals surface area contributed by atoms with Crippen molar-refractivity contribution in [1.29, 1.82) is 0 Å². The number of rotatable bonds is 4.